The molecule has 0 bridgehead atoms. The molecule has 2 aromatic rings. The van der Waals surface area contributed by atoms with E-state index in [2.05, 4.69) is 26.6 Å². The van der Waals surface area contributed by atoms with Crippen LogP contribution in [-0.4, -0.2) is 24.5 Å². The van der Waals surface area contributed by atoms with Gasteiger partial charge in [0.1, 0.15) is 5.75 Å². The van der Waals surface area contributed by atoms with Crippen molar-refractivity contribution in [3.63, 3.8) is 0 Å². The molecule has 0 spiro atoms. The number of carbonyl (C=O) groups excluding carboxylic acids is 2. The average Bonchev–Trinajstić information content (AvgIpc) is 2.57. The Morgan fingerprint density at radius 3 is 2.50 bits per heavy atom. The molecule has 0 fully saturated rings. The molecule has 7 heteroatoms. The maximum Gasteiger partial charge on any atom is 0.261 e. The fraction of sp³-hybridized carbons (Fsp3) is 0.176. The van der Waals surface area contributed by atoms with Gasteiger partial charge in [-0.05, 0) is 59.3 Å². The second-order valence-electron chi connectivity index (χ2n) is 4.96. The molecule has 0 unspecified atom stereocenters. The van der Waals surface area contributed by atoms with Crippen molar-refractivity contribution in [2.45, 2.75) is 13.0 Å². The third kappa shape index (κ3) is 5.54. The van der Waals surface area contributed by atoms with Gasteiger partial charge in [0.15, 0.2) is 6.10 Å². The van der Waals surface area contributed by atoms with Gasteiger partial charge in [-0.3, -0.25) is 9.59 Å². The van der Waals surface area contributed by atoms with Crippen molar-refractivity contribution in [2.75, 3.05) is 11.9 Å². The summed E-state index contributed by atoms with van der Waals surface area (Å²) < 4.78 is 6.26. The normalized spacial score (nSPS) is 11.5. The minimum atomic E-state index is -0.734. The first-order valence-corrected chi connectivity index (χ1v) is 8.37. The van der Waals surface area contributed by atoms with Crippen LogP contribution in [0.15, 0.2) is 53.0 Å². The molecule has 24 heavy (non-hydrogen) atoms. The summed E-state index contributed by atoms with van der Waals surface area (Å²) in [5.41, 5.74) is 0.641. The summed E-state index contributed by atoms with van der Waals surface area (Å²) in [6, 6.07) is 13.9. The summed E-state index contributed by atoms with van der Waals surface area (Å²) in [4.78, 5) is 23.9. The number of benzene rings is 2. The second-order valence-corrected chi connectivity index (χ2v) is 6.25. The summed E-state index contributed by atoms with van der Waals surface area (Å²) >= 11 is 9.13. The number of halogens is 2. The second kappa shape index (κ2) is 8.70. The van der Waals surface area contributed by atoms with Crippen LogP contribution in [-0.2, 0) is 9.59 Å². The molecule has 0 saturated heterocycles. The summed E-state index contributed by atoms with van der Waals surface area (Å²) in [7, 11) is 0. The number of hydrogen-bond acceptors (Lipinski definition) is 3. The standard InChI is InChI=1S/C17H16BrClN2O3/c1-11(24-13-8-6-12(19)7-9-13)17(23)20-10-16(22)21-15-5-3-2-4-14(15)18/h2-9,11H,10H2,1H3,(H,20,23)(H,21,22)/t11-/m0/s1. The Kier molecular flexibility index (Phi) is 6.63. The molecule has 0 saturated carbocycles. The number of rotatable bonds is 6. The molecule has 2 aromatic carbocycles. The van der Waals surface area contributed by atoms with E-state index >= 15 is 0 Å². The molecule has 2 rings (SSSR count). The Morgan fingerprint density at radius 1 is 1.17 bits per heavy atom. The number of amides is 2. The fourth-order valence-corrected chi connectivity index (χ4v) is 2.35. The van der Waals surface area contributed by atoms with E-state index in [0.717, 1.165) is 4.47 Å². The van der Waals surface area contributed by atoms with E-state index in [1.165, 1.54) is 0 Å². The number of ether oxygens (including phenoxy) is 1. The smallest absolute Gasteiger partial charge is 0.261 e. The van der Waals surface area contributed by atoms with Crippen molar-refractivity contribution < 1.29 is 14.3 Å². The quantitative estimate of drug-likeness (QED) is 0.763. The Bertz CT molecular complexity index is 722. The maximum absolute atomic E-state index is 12.0. The predicted octanol–water partition coefficient (Wildman–Crippen LogP) is 3.62. The van der Waals surface area contributed by atoms with Crippen LogP contribution in [0.4, 0.5) is 5.69 Å². The van der Waals surface area contributed by atoms with E-state index in [4.69, 9.17) is 16.3 Å². The van der Waals surface area contributed by atoms with Crippen LogP contribution in [0.2, 0.25) is 5.02 Å². The molecular formula is C17H16BrClN2O3. The van der Waals surface area contributed by atoms with Gasteiger partial charge in [-0.15, -0.1) is 0 Å². The minimum absolute atomic E-state index is 0.144. The zero-order chi connectivity index (χ0) is 17.5. The molecule has 5 nitrogen and oxygen atoms in total. The Morgan fingerprint density at radius 2 is 1.83 bits per heavy atom. The van der Waals surface area contributed by atoms with Gasteiger partial charge in [-0.25, -0.2) is 0 Å². The van der Waals surface area contributed by atoms with Crippen molar-refractivity contribution in [1.29, 1.82) is 0 Å². The Labute approximate surface area is 153 Å². The third-order valence-electron chi connectivity index (χ3n) is 3.07. The molecule has 0 aliphatic carbocycles. The SMILES string of the molecule is C[C@H](Oc1ccc(Cl)cc1)C(=O)NCC(=O)Nc1ccccc1Br. The first-order valence-electron chi connectivity index (χ1n) is 7.20. The Balaban J connectivity index is 1.80. The minimum Gasteiger partial charge on any atom is -0.481 e. The van der Waals surface area contributed by atoms with Gasteiger partial charge in [-0.2, -0.15) is 0 Å². The molecule has 2 N–H and O–H groups in total. The predicted molar refractivity (Wildman–Crippen MR) is 97.3 cm³/mol. The van der Waals surface area contributed by atoms with Crippen LogP contribution >= 0.6 is 27.5 Å². The number of nitrogens with one attached hydrogen (secondary N) is 2. The molecule has 0 aliphatic rings. The highest BCUT2D eigenvalue weighted by molar-refractivity contribution is 9.10. The van der Waals surface area contributed by atoms with E-state index in [1.54, 1.807) is 43.3 Å². The number of carbonyl (C=O) groups is 2. The van der Waals surface area contributed by atoms with Crippen molar-refractivity contribution >= 4 is 45.0 Å². The maximum atomic E-state index is 12.0. The van der Waals surface area contributed by atoms with Crippen LogP contribution in [0.3, 0.4) is 0 Å². The molecule has 0 aliphatic heterocycles. The van der Waals surface area contributed by atoms with Gasteiger partial charge in [0.05, 0.1) is 12.2 Å². The molecule has 0 aromatic heterocycles. The number of hydrogen-bond donors (Lipinski definition) is 2. The van der Waals surface area contributed by atoms with E-state index in [1.807, 2.05) is 12.1 Å². The van der Waals surface area contributed by atoms with Gasteiger partial charge in [-0.1, -0.05) is 23.7 Å². The van der Waals surface area contributed by atoms with Crippen molar-refractivity contribution in [3.05, 3.63) is 58.0 Å². The lowest BCUT2D eigenvalue weighted by molar-refractivity contribution is -0.129. The van der Waals surface area contributed by atoms with Crippen molar-refractivity contribution in [3.8, 4) is 5.75 Å². The lowest BCUT2D eigenvalue weighted by atomic mass is 10.3. The fourth-order valence-electron chi connectivity index (χ4n) is 1.84. The zero-order valence-corrected chi connectivity index (χ0v) is 15.2. The molecule has 2 amide bonds. The molecule has 0 heterocycles. The summed E-state index contributed by atoms with van der Waals surface area (Å²) in [5.74, 6) is -0.180. The van der Waals surface area contributed by atoms with Gasteiger partial charge in [0.25, 0.3) is 5.91 Å². The van der Waals surface area contributed by atoms with Gasteiger partial charge < -0.3 is 15.4 Å². The van der Waals surface area contributed by atoms with E-state index in [0.29, 0.717) is 16.5 Å². The number of para-hydroxylation sites is 1. The molecule has 1 atom stereocenters. The highest BCUT2D eigenvalue weighted by atomic mass is 79.9. The van der Waals surface area contributed by atoms with Crippen LogP contribution < -0.4 is 15.4 Å². The van der Waals surface area contributed by atoms with E-state index < -0.39 is 6.10 Å². The summed E-state index contributed by atoms with van der Waals surface area (Å²) in [6.07, 6.45) is -0.734. The lowest BCUT2D eigenvalue weighted by Gasteiger charge is -2.15. The highest BCUT2D eigenvalue weighted by Crippen LogP contribution is 2.21. The lowest BCUT2D eigenvalue weighted by Crippen LogP contribution is -2.40. The first-order chi connectivity index (χ1) is 11.5. The van der Waals surface area contributed by atoms with Gasteiger partial charge in [0.2, 0.25) is 5.91 Å². The average molecular weight is 412 g/mol. The molecular weight excluding hydrogens is 396 g/mol. The number of anilines is 1. The van der Waals surface area contributed by atoms with Crippen LogP contribution in [0.25, 0.3) is 0 Å². The third-order valence-corrected chi connectivity index (χ3v) is 4.01. The topological polar surface area (TPSA) is 67.4 Å². The summed E-state index contributed by atoms with van der Waals surface area (Å²) in [6.45, 7) is 1.46. The van der Waals surface area contributed by atoms with Crippen LogP contribution in [0, 0.1) is 0 Å². The monoisotopic (exact) mass is 410 g/mol. The first kappa shape index (κ1) is 18.3. The van der Waals surface area contributed by atoms with Crippen molar-refractivity contribution in [2.24, 2.45) is 0 Å². The van der Waals surface area contributed by atoms with Gasteiger partial charge in [0, 0.05) is 9.50 Å². The van der Waals surface area contributed by atoms with E-state index in [9.17, 15) is 9.59 Å². The largest absolute Gasteiger partial charge is 0.481 e. The van der Waals surface area contributed by atoms with E-state index in [-0.39, 0.29) is 18.4 Å². The zero-order valence-electron chi connectivity index (χ0n) is 12.9. The van der Waals surface area contributed by atoms with Gasteiger partial charge >= 0.3 is 0 Å². The van der Waals surface area contributed by atoms with Crippen molar-refractivity contribution in [1.82, 2.24) is 5.32 Å². The Hall–Kier alpha value is -2.05. The molecule has 126 valence electrons. The summed E-state index contributed by atoms with van der Waals surface area (Å²) in [5, 5.41) is 5.83. The molecule has 0 radical (unpaired) electrons. The highest BCUT2D eigenvalue weighted by Gasteiger charge is 2.15. The van der Waals surface area contributed by atoms with Crippen LogP contribution in [0.1, 0.15) is 6.92 Å². The van der Waals surface area contributed by atoms with Crippen LogP contribution in [0.5, 0.6) is 5.75 Å².